The van der Waals surface area contributed by atoms with Crippen LogP contribution in [0.25, 0.3) is 0 Å². The van der Waals surface area contributed by atoms with E-state index in [0.29, 0.717) is 45.5 Å². The van der Waals surface area contributed by atoms with E-state index in [1.165, 1.54) is 7.11 Å². The van der Waals surface area contributed by atoms with Gasteiger partial charge in [0.05, 0.1) is 33.0 Å². The summed E-state index contributed by atoms with van der Waals surface area (Å²) in [6.07, 6.45) is 6.84. The van der Waals surface area contributed by atoms with E-state index in [4.69, 9.17) is 18.9 Å². The maximum atomic E-state index is 14.3. The second-order valence-electron chi connectivity index (χ2n) is 9.10. The topological polar surface area (TPSA) is 74.3 Å². The molecule has 3 fully saturated rings. The lowest BCUT2D eigenvalue weighted by molar-refractivity contribution is -0.191. The molecule has 7 nitrogen and oxygen atoms in total. The number of carbonyl (C=O) groups excluding carboxylic acids is 2. The molecule has 0 spiro atoms. The van der Waals surface area contributed by atoms with Crippen molar-refractivity contribution in [1.82, 2.24) is 4.90 Å². The van der Waals surface area contributed by atoms with E-state index in [9.17, 15) is 9.59 Å². The Balaban J connectivity index is 1.50. The van der Waals surface area contributed by atoms with E-state index in [1.54, 1.807) is 0 Å². The number of hydrogen-bond donors (Lipinski definition) is 0. The molecule has 3 aliphatic heterocycles. The molecule has 7 heteroatoms. The van der Waals surface area contributed by atoms with E-state index < -0.39 is 11.4 Å². The van der Waals surface area contributed by atoms with Crippen molar-refractivity contribution < 1.29 is 28.5 Å². The van der Waals surface area contributed by atoms with Gasteiger partial charge in [-0.3, -0.25) is 9.59 Å². The number of methoxy groups -OCH3 is 1. The summed E-state index contributed by atoms with van der Waals surface area (Å²) in [6.45, 7) is 1.62. The first-order valence-corrected chi connectivity index (χ1v) is 11.6. The fraction of sp³-hybridized carbons (Fsp3) is 0.600. The summed E-state index contributed by atoms with van der Waals surface area (Å²) in [5.41, 5.74) is -0.195. The number of piperidine rings is 1. The first-order chi connectivity index (χ1) is 15.7. The highest BCUT2D eigenvalue weighted by atomic mass is 16.7. The molecule has 0 aromatic heterocycles. The van der Waals surface area contributed by atoms with Crippen LogP contribution in [0.4, 0.5) is 0 Å². The van der Waals surface area contributed by atoms with Gasteiger partial charge in [0.2, 0.25) is 5.91 Å². The third-order valence-corrected chi connectivity index (χ3v) is 7.57. The molecule has 32 heavy (non-hydrogen) atoms. The summed E-state index contributed by atoms with van der Waals surface area (Å²) in [7, 11) is 1.38. The standard InChI is InChI=1S/C25H31NO6/c1-29-24(28)25(13-7-12-21-30-14-15-31-21)19-11-6-5-10-18(19)22-26(23(25)27)20(16-32-22)17-8-3-2-4-9-17/h2-6,8-9,18-22H,7,10-16H2,1H3/t18-,19+,20-,22+,25+/m0/s1. The fourth-order valence-electron chi connectivity index (χ4n) is 6.09. The number of rotatable bonds is 6. The van der Waals surface area contributed by atoms with E-state index in [2.05, 4.69) is 12.2 Å². The molecule has 0 radical (unpaired) electrons. The third kappa shape index (κ3) is 3.47. The highest BCUT2D eigenvalue weighted by molar-refractivity contribution is 6.04. The lowest BCUT2D eigenvalue weighted by Crippen LogP contribution is -2.64. The number of esters is 1. The van der Waals surface area contributed by atoms with E-state index in [1.807, 2.05) is 35.2 Å². The van der Waals surface area contributed by atoms with Gasteiger partial charge < -0.3 is 23.8 Å². The van der Waals surface area contributed by atoms with Crippen LogP contribution in [0.2, 0.25) is 0 Å². The number of amides is 1. The minimum atomic E-state index is -1.22. The van der Waals surface area contributed by atoms with Crippen LogP contribution in [-0.4, -0.2) is 56.2 Å². The van der Waals surface area contributed by atoms with E-state index in [0.717, 1.165) is 12.0 Å². The molecule has 172 valence electrons. The van der Waals surface area contributed by atoms with Crippen LogP contribution in [0.5, 0.6) is 0 Å². The molecule has 0 bridgehead atoms. The van der Waals surface area contributed by atoms with Gasteiger partial charge in [-0.15, -0.1) is 0 Å². The number of hydrogen-bond acceptors (Lipinski definition) is 6. The van der Waals surface area contributed by atoms with Gasteiger partial charge >= 0.3 is 5.97 Å². The molecule has 1 aromatic carbocycles. The zero-order valence-electron chi connectivity index (χ0n) is 18.5. The van der Waals surface area contributed by atoms with Crippen molar-refractivity contribution >= 4 is 11.9 Å². The maximum absolute atomic E-state index is 14.3. The highest BCUT2D eigenvalue weighted by Gasteiger charge is 2.65. The van der Waals surface area contributed by atoms with Gasteiger partial charge in [0.25, 0.3) is 0 Å². The van der Waals surface area contributed by atoms with Crippen LogP contribution in [0.1, 0.15) is 43.7 Å². The number of benzene rings is 1. The van der Waals surface area contributed by atoms with Gasteiger partial charge in [-0.1, -0.05) is 42.5 Å². The molecule has 5 atom stereocenters. The van der Waals surface area contributed by atoms with Crippen molar-refractivity contribution in [2.75, 3.05) is 26.9 Å². The molecule has 4 aliphatic rings. The lowest BCUT2D eigenvalue weighted by atomic mass is 9.59. The van der Waals surface area contributed by atoms with Gasteiger partial charge in [0, 0.05) is 5.92 Å². The number of nitrogens with zero attached hydrogens (tertiary/aromatic N) is 1. The summed E-state index contributed by atoms with van der Waals surface area (Å²) in [4.78, 5) is 29.5. The van der Waals surface area contributed by atoms with E-state index >= 15 is 0 Å². The van der Waals surface area contributed by atoms with Crippen molar-refractivity contribution in [1.29, 1.82) is 0 Å². The Morgan fingerprint density at radius 2 is 1.88 bits per heavy atom. The molecule has 0 saturated carbocycles. The number of ether oxygens (including phenoxy) is 4. The zero-order valence-corrected chi connectivity index (χ0v) is 18.5. The van der Waals surface area contributed by atoms with Gasteiger partial charge in [-0.05, 0) is 43.6 Å². The van der Waals surface area contributed by atoms with Gasteiger partial charge in [0.1, 0.15) is 11.6 Å². The Morgan fingerprint density at radius 1 is 1.12 bits per heavy atom. The van der Waals surface area contributed by atoms with Crippen LogP contribution in [0, 0.1) is 17.3 Å². The third-order valence-electron chi connectivity index (χ3n) is 7.57. The Bertz CT molecular complexity index is 866. The first-order valence-electron chi connectivity index (χ1n) is 11.6. The SMILES string of the molecule is COC(=O)[C@@]1(CCCC2OCCO2)C(=O)N2[C@H](OC[C@H]2c2ccccc2)[C@H]2CC=CC[C@H]21. The first kappa shape index (κ1) is 21.6. The molecule has 0 unspecified atom stereocenters. The van der Waals surface area contributed by atoms with Crippen LogP contribution in [-0.2, 0) is 28.5 Å². The smallest absolute Gasteiger partial charge is 0.321 e. The molecule has 1 aromatic rings. The monoisotopic (exact) mass is 441 g/mol. The summed E-state index contributed by atoms with van der Waals surface area (Å²) in [5.74, 6) is -0.679. The van der Waals surface area contributed by atoms with Crippen molar-refractivity contribution in [3.8, 4) is 0 Å². The quantitative estimate of drug-likeness (QED) is 0.383. The predicted molar refractivity (Wildman–Crippen MR) is 115 cm³/mol. The molecule has 5 rings (SSSR count). The average molecular weight is 442 g/mol. The summed E-state index contributed by atoms with van der Waals surface area (Å²) < 4.78 is 22.7. The number of allylic oxidation sites excluding steroid dienone is 2. The lowest BCUT2D eigenvalue weighted by Gasteiger charge is -2.52. The van der Waals surface area contributed by atoms with Crippen molar-refractivity contribution in [2.45, 2.75) is 50.7 Å². The van der Waals surface area contributed by atoms with Crippen LogP contribution >= 0.6 is 0 Å². The molecular weight excluding hydrogens is 410 g/mol. The van der Waals surface area contributed by atoms with Crippen LogP contribution in [0.3, 0.4) is 0 Å². The number of carbonyl (C=O) groups is 2. The second kappa shape index (κ2) is 8.96. The van der Waals surface area contributed by atoms with Gasteiger partial charge in [0.15, 0.2) is 6.29 Å². The molecule has 1 aliphatic carbocycles. The predicted octanol–water partition coefficient (Wildman–Crippen LogP) is 3.21. The maximum Gasteiger partial charge on any atom is 0.321 e. The van der Waals surface area contributed by atoms with Gasteiger partial charge in [-0.25, -0.2) is 0 Å². The zero-order chi connectivity index (χ0) is 22.1. The Kier molecular flexibility index (Phi) is 6.05. The largest absolute Gasteiger partial charge is 0.468 e. The summed E-state index contributed by atoms with van der Waals surface area (Å²) >= 11 is 0. The Labute approximate surface area is 188 Å². The normalized spacial score (nSPS) is 34.4. The average Bonchev–Trinajstić information content (AvgIpc) is 3.52. The summed E-state index contributed by atoms with van der Waals surface area (Å²) in [6, 6.07) is 9.74. The molecule has 0 N–H and O–H groups in total. The number of fused-ring (bicyclic) bond motifs is 3. The molecular formula is C25H31NO6. The molecule has 3 heterocycles. The van der Waals surface area contributed by atoms with Crippen molar-refractivity contribution in [3.05, 3.63) is 48.0 Å². The van der Waals surface area contributed by atoms with Crippen molar-refractivity contribution in [3.63, 3.8) is 0 Å². The van der Waals surface area contributed by atoms with Gasteiger partial charge in [-0.2, -0.15) is 0 Å². The van der Waals surface area contributed by atoms with Crippen molar-refractivity contribution in [2.24, 2.45) is 17.3 Å². The van der Waals surface area contributed by atoms with Crippen LogP contribution in [0.15, 0.2) is 42.5 Å². The van der Waals surface area contributed by atoms with Crippen LogP contribution < -0.4 is 0 Å². The molecule has 1 amide bonds. The Morgan fingerprint density at radius 3 is 2.62 bits per heavy atom. The fourth-order valence-corrected chi connectivity index (χ4v) is 6.09. The molecule has 3 saturated heterocycles. The summed E-state index contributed by atoms with van der Waals surface area (Å²) in [5, 5.41) is 0. The highest BCUT2D eigenvalue weighted by Crippen LogP contribution is 2.55. The minimum absolute atomic E-state index is 0.0597. The second-order valence-corrected chi connectivity index (χ2v) is 9.10. The minimum Gasteiger partial charge on any atom is -0.468 e. The Hall–Kier alpha value is -2.22. The van der Waals surface area contributed by atoms with E-state index in [-0.39, 0.29) is 36.3 Å².